The maximum absolute atomic E-state index is 12.2. The van der Waals surface area contributed by atoms with Crippen LogP contribution >= 0.6 is 0 Å². The van der Waals surface area contributed by atoms with Crippen LogP contribution in [0.15, 0.2) is 0 Å². The zero-order valence-electron chi connectivity index (χ0n) is 56.3. The lowest BCUT2D eigenvalue weighted by atomic mass is 10.1. The molecule has 0 saturated carbocycles. The first-order valence-corrected chi connectivity index (χ1v) is 35.6. The van der Waals surface area contributed by atoms with Gasteiger partial charge in [0.1, 0.15) is 25.4 Å². The van der Waals surface area contributed by atoms with Crippen LogP contribution in [-0.4, -0.2) is 135 Å². The highest BCUT2D eigenvalue weighted by Crippen LogP contribution is 2.17. The highest BCUT2D eigenvalue weighted by atomic mass is 16.6. The molecule has 2 atom stereocenters. The molecule has 0 heterocycles. The van der Waals surface area contributed by atoms with Crippen molar-refractivity contribution in [3.05, 3.63) is 0 Å². The number of hydrogen-bond donors (Lipinski definition) is 0. The standard InChI is InChI=1S/C36H74NO4.C35H71NO4/c1-6-8-10-12-14-16-18-20-22-24-26-28-30-39-33-35(34-41-36(38)32-37(3,4)5)40-31-29-27-25-23-21-19-17-15-13-11-9-7-2;1-5-7-9-11-13-15-17-19-21-23-25-27-29-38-32-34(33-40-35(37)31-36(3)4)39-30-28-26-24-22-20-18-16-14-12-10-8-6-2/h35H,6-34H2,1-5H3;34H,5-33H2,1-4H3/q+1;. The van der Waals surface area contributed by atoms with Gasteiger partial charge in [-0.25, -0.2) is 4.79 Å². The van der Waals surface area contributed by atoms with Crippen molar-refractivity contribution in [3.63, 3.8) is 0 Å². The SMILES string of the molecule is CCCCCCCCCCCCCCOCC(COC(=O)CN(C)C)OCCCCCCCCCCCCCC.CCCCCCCCCCCCCCOCC(COC(=O)C[N+](C)(C)C)OCCCCCCCCCCCCCC. The second kappa shape index (κ2) is 67.8. The van der Waals surface area contributed by atoms with Crippen molar-refractivity contribution in [2.75, 3.05) is 101 Å². The van der Waals surface area contributed by atoms with E-state index in [0.29, 0.717) is 30.8 Å². The molecule has 0 rings (SSSR count). The monoisotopic (exact) mass is 1150 g/mol. The van der Waals surface area contributed by atoms with E-state index >= 15 is 0 Å². The first-order chi connectivity index (χ1) is 39.5. The summed E-state index contributed by atoms with van der Waals surface area (Å²) in [7, 11) is 9.75. The van der Waals surface area contributed by atoms with Crippen LogP contribution in [0.5, 0.6) is 0 Å². The molecule has 0 aliphatic carbocycles. The molecule has 0 aromatic rings. The number of rotatable bonds is 66. The van der Waals surface area contributed by atoms with Crippen molar-refractivity contribution in [1.82, 2.24) is 4.90 Å². The van der Waals surface area contributed by atoms with Gasteiger partial charge in [0.15, 0.2) is 6.54 Å². The molecule has 10 heteroatoms. The average Bonchev–Trinajstić information content (AvgIpc) is 3.43. The molecule has 0 spiro atoms. The largest absolute Gasteiger partial charge is 0.462 e. The first-order valence-electron chi connectivity index (χ1n) is 35.6. The van der Waals surface area contributed by atoms with E-state index in [1.54, 1.807) is 0 Å². The number of carbonyl (C=O) groups excluding carboxylic acids is 2. The zero-order chi connectivity index (χ0) is 59.6. The van der Waals surface area contributed by atoms with E-state index in [-0.39, 0.29) is 37.4 Å². The molecule has 0 aromatic heterocycles. The van der Waals surface area contributed by atoms with E-state index in [4.69, 9.17) is 28.4 Å². The van der Waals surface area contributed by atoms with Gasteiger partial charge in [-0.1, -0.05) is 310 Å². The minimum atomic E-state index is -0.204. The van der Waals surface area contributed by atoms with Crippen LogP contribution in [0, 0.1) is 0 Å². The van der Waals surface area contributed by atoms with Gasteiger partial charge < -0.3 is 32.9 Å². The molecule has 2 unspecified atom stereocenters. The van der Waals surface area contributed by atoms with Crippen molar-refractivity contribution < 1.29 is 42.5 Å². The van der Waals surface area contributed by atoms with Crippen molar-refractivity contribution in [1.29, 1.82) is 0 Å². The van der Waals surface area contributed by atoms with E-state index in [0.717, 1.165) is 52.1 Å². The summed E-state index contributed by atoms with van der Waals surface area (Å²) in [5, 5.41) is 0. The third kappa shape index (κ3) is 72.9. The van der Waals surface area contributed by atoms with Crippen molar-refractivity contribution in [3.8, 4) is 0 Å². The summed E-state index contributed by atoms with van der Waals surface area (Å²) in [5.74, 6) is -0.373. The fourth-order valence-corrected chi connectivity index (χ4v) is 10.3. The van der Waals surface area contributed by atoms with Crippen molar-refractivity contribution >= 4 is 11.9 Å². The quantitative estimate of drug-likeness (QED) is 0.0335. The summed E-state index contributed by atoms with van der Waals surface area (Å²) in [6.07, 6.45) is 64.1. The zero-order valence-corrected chi connectivity index (χ0v) is 56.3. The molecule has 0 radical (unpaired) electrons. The smallest absolute Gasteiger partial charge is 0.361 e. The molecule has 0 aliphatic heterocycles. The number of carbonyl (C=O) groups is 2. The van der Waals surface area contributed by atoms with Gasteiger partial charge >= 0.3 is 11.9 Å². The van der Waals surface area contributed by atoms with Crippen LogP contribution in [0.2, 0.25) is 0 Å². The van der Waals surface area contributed by atoms with Gasteiger partial charge in [-0.15, -0.1) is 0 Å². The lowest BCUT2D eigenvalue weighted by Crippen LogP contribution is -2.41. The van der Waals surface area contributed by atoms with Gasteiger partial charge in [-0.3, -0.25) is 9.69 Å². The lowest BCUT2D eigenvalue weighted by Gasteiger charge is -2.23. The van der Waals surface area contributed by atoms with Gasteiger partial charge in [0, 0.05) is 26.4 Å². The number of likely N-dealkylation sites (N-methyl/N-ethyl adjacent to an activating group) is 2. The predicted molar refractivity (Wildman–Crippen MR) is 349 cm³/mol. The molecule has 0 bridgehead atoms. The Morgan fingerprint density at radius 1 is 0.309 bits per heavy atom. The van der Waals surface area contributed by atoms with Gasteiger partial charge in [0.25, 0.3) is 0 Å². The molecule has 0 fully saturated rings. The van der Waals surface area contributed by atoms with E-state index in [1.165, 1.54) is 283 Å². The summed E-state index contributed by atoms with van der Waals surface area (Å²) in [4.78, 5) is 26.0. The van der Waals surface area contributed by atoms with Gasteiger partial charge in [-0.2, -0.15) is 0 Å². The molecule has 0 saturated heterocycles. The number of nitrogens with zero attached hydrogens (tertiary/aromatic N) is 2. The second-order valence-corrected chi connectivity index (χ2v) is 25.7. The molecule has 10 nitrogen and oxygen atoms in total. The maximum atomic E-state index is 12.2. The normalized spacial score (nSPS) is 12.5. The Kier molecular flexibility index (Phi) is 68.5. The molecule has 0 aromatic carbocycles. The minimum absolute atomic E-state index is 0.169. The Morgan fingerprint density at radius 3 is 0.765 bits per heavy atom. The summed E-state index contributed by atoms with van der Waals surface area (Å²) < 4.78 is 35.7. The van der Waals surface area contributed by atoms with E-state index < -0.39 is 0 Å². The molecular weight excluding hydrogens is 1010 g/mol. The molecular formula is C71H145N2O8+. The third-order valence-corrected chi connectivity index (χ3v) is 15.5. The Bertz CT molecular complexity index is 1220. The summed E-state index contributed by atoms with van der Waals surface area (Å²) >= 11 is 0. The number of esters is 2. The Balaban J connectivity index is 0. The highest BCUT2D eigenvalue weighted by Gasteiger charge is 2.19. The Labute approximate surface area is 506 Å². The fraction of sp³-hybridized carbons (Fsp3) is 0.972. The van der Waals surface area contributed by atoms with E-state index in [1.807, 2.05) is 40.1 Å². The number of quaternary nitrogens is 1. The molecule has 0 aliphatic rings. The van der Waals surface area contributed by atoms with Gasteiger partial charge in [0.05, 0.1) is 40.9 Å². The Morgan fingerprint density at radius 2 is 0.531 bits per heavy atom. The topological polar surface area (TPSA) is 92.8 Å². The first kappa shape index (κ1) is 81.8. The van der Waals surface area contributed by atoms with E-state index in [2.05, 4.69) is 27.7 Å². The Hall–Kier alpha value is -1.30. The fourth-order valence-electron chi connectivity index (χ4n) is 10.3. The minimum Gasteiger partial charge on any atom is -0.462 e. The molecule has 0 amide bonds. The van der Waals surface area contributed by atoms with Crippen molar-refractivity contribution in [2.24, 2.45) is 0 Å². The molecule has 81 heavy (non-hydrogen) atoms. The van der Waals surface area contributed by atoms with Crippen LogP contribution < -0.4 is 0 Å². The number of hydrogen-bond acceptors (Lipinski definition) is 9. The van der Waals surface area contributed by atoms with Crippen LogP contribution in [-0.2, 0) is 38.0 Å². The van der Waals surface area contributed by atoms with E-state index in [9.17, 15) is 9.59 Å². The van der Waals surface area contributed by atoms with Gasteiger partial charge in [0.2, 0.25) is 0 Å². The second-order valence-electron chi connectivity index (χ2n) is 25.7. The maximum Gasteiger partial charge on any atom is 0.361 e. The van der Waals surface area contributed by atoms with Crippen LogP contribution in [0.1, 0.15) is 336 Å². The van der Waals surface area contributed by atoms with Crippen LogP contribution in [0.25, 0.3) is 0 Å². The summed E-state index contributed by atoms with van der Waals surface area (Å²) in [6, 6.07) is 0. The van der Waals surface area contributed by atoms with Crippen LogP contribution in [0.3, 0.4) is 0 Å². The van der Waals surface area contributed by atoms with Gasteiger partial charge in [-0.05, 0) is 39.8 Å². The predicted octanol–water partition coefficient (Wildman–Crippen LogP) is 19.9. The average molecular weight is 1150 g/mol. The third-order valence-electron chi connectivity index (χ3n) is 15.5. The number of ether oxygens (including phenoxy) is 6. The molecule has 0 N–H and O–H groups in total. The highest BCUT2D eigenvalue weighted by molar-refractivity contribution is 5.71. The lowest BCUT2D eigenvalue weighted by molar-refractivity contribution is -0.862. The summed E-state index contributed by atoms with van der Waals surface area (Å²) in [6.45, 7) is 14.3. The number of unbranched alkanes of at least 4 members (excludes halogenated alkanes) is 44. The van der Waals surface area contributed by atoms with Crippen molar-refractivity contribution in [2.45, 2.75) is 348 Å². The molecule has 486 valence electrons. The van der Waals surface area contributed by atoms with Crippen LogP contribution in [0.4, 0.5) is 0 Å². The summed E-state index contributed by atoms with van der Waals surface area (Å²) in [5.41, 5.74) is 0.